The van der Waals surface area contributed by atoms with Crippen LogP contribution in [0.25, 0.3) is 0 Å². The molecule has 0 saturated heterocycles. The number of rotatable bonds is 3. The number of nitrogens with one attached hydrogen (secondary N) is 1. The minimum Gasteiger partial charge on any atom is -0.375 e. The SMILES string of the molecule is CC1(NC(=O)Cc2csc(N)n2)CCCC1. The summed E-state index contributed by atoms with van der Waals surface area (Å²) >= 11 is 1.37. The average molecular weight is 239 g/mol. The summed E-state index contributed by atoms with van der Waals surface area (Å²) in [4.78, 5) is 15.9. The van der Waals surface area contributed by atoms with Gasteiger partial charge in [-0.25, -0.2) is 4.98 Å². The summed E-state index contributed by atoms with van der Waals surface area (Å²) in [5.74, 6) is 0.0506. The van der Waals surface area contributed by atoms with E-state index >= 15 is 0 Å². The van der Waals surface area contributed by atoms with Gasteiger partial charge < -0.3 is 11.1 Å². The Morgan fingerprint density at radius 1 is 1.62 bits per heavy atom. The van der Waals surface area contributed by atoms with E-state index in [-0.39, 0.29) is 11.4 Å². The summed E-state index contributed by atoms with van der Waals surface area (Å²) < 4.78 is 0. The number of nitrogen functional groups attached to an aromatic ring is 1. The lowest BCUT2D eigenvalue weighted by Crippen LogP contribution is -2.44. The predicted molar refractivity (Wildman–Crippen MR) is 65.2 cm³/mol. The van der Waals surface area contributed by atoms with Crippen LogP contribution < -0.4 is 11.1 Å². The topological polar surface area (TPSA) is 68.0 Å². The molecule has 88 valence electrons. The molecule has 1 aliphatic rings. The molecule has 1 aromatic rings. The zero-order chi connectivity index (χ0) is 11.6. The fourth-order valence-electron chi connectivity index (χ4n) is 2.23. The molecule has 0 aliphatic heterocycles. The van der Waals surface area contributed by atoms with E-state index in [0.717, 1.165) is 18.5 Å². The Hall–Kier alpha value is -1.10. The lowest BCUT2D eigenvalue weighted by molar-refractivity contribution is -0.122. The molecule has 4 nitrogen and oxygen atoms in total. The highest BCUT2D eigenvalue weighted by Gasteiger charge is 2.29. The highest BCUT2D eigenvalue weighted by Crippen LogP contribution is 2.28. The molecule has 2 rings (SSSR count). The maximum atomic E-state index is 11.8. The number of hydrogen-bond acceptors (Lipinski definition) is 4. The summed E-state index contributed by atoms with van der Waals surface area (Å²) in [6.45, 7) is 2.12. The molecule has 5 heteroatoms. The van der Waals surface area contributed by atoms with E-state index in [1.807, 2.05) is 5.38 Å². The maximum absolute atomic E-state index is 11.8. The largest absolute Gasteiger partial charge is 0.375 e. The summed E-state index contributed by atoms with van der Waals surface area (Å²) in [6, 6.07) is 0. The molecule has 1 aromatic heterocycles. The first kappa shape index (κ1) is 11.4. The first-order valence-corrected chi connectivity index (χ1v) is 6.46. The van der Waals surface area contributed by atoms with Crippen LogP contribution in [0.1, 0.15) is 38.3 Å². The van der Waals surface area contributed by atoms with E-state index in [1.165, 1.54) is 24.2 Å². The molecular weight excluding hydrogens is 222 g/mol. The molecule has 0 atom stereocenters. The molecule has 1 amide bonds. The molecule has 16 heavy (non-hydrogen) atoms. The van der Waals surface area contributed by atoms with Crippen molar-refractivity contribution in [2.24, 2.45) is 0 Å². The second-order valence-electron chi connectivity index (χ2n) is 4.67. The third-order valence-corrected chi connectivity index (χ3v) is 3.78. The van der Waals surface area contributed by atoms with Crippen molar-refractivity contribution in [3.8, 4) is 0 Å². The van der Waals surface area contributed by atoms with Crippen LogP contribution in [0.2, 0.25) is 0 Å². The van der Waals surface area contributed by atoms with Gasteiger partial charge in [0.15, 0.2) is 5.13 Å². The zero-order valence-corrected chi connectivity index (χ0v) is 10.3. The second-order valence-corrected chi connectivity index (χ2v) is 5.56. The number of anilines is 1. The Bertz CT molecular complexity index is 382. The van der Waals surface area contributed by atoms with E-state index in [0.29, 0.717) is 11.6 Å². The van der Waals surface area contributed by atoms with Crippen LogP contribution in [0.15, 0.2) is 5.38 Å². The van der Waals surface area contributed by atoms with Crippen molar-refractivity contribution in [1.82, 2.24) is 10.3 Å². The molecule has 0 aromatic carbocycles. The van der Waals surface area contributed by atoms with Gasteiger partial charge in [0, 0.05) is 10.9 Å². The van der Waals surface area contributed by atoms with Crippen LogP contribution in [0.5, 0.6) is 0 Å². The number of amides is 1. The van der Waals surface area contributed by atoms with Crippen molar-refractivity contribution in [3.05, 3.63) is 11.1 Å². The van der Waals surface area contributed by atoms with Crippen molar-refractivity contribution >= 4 is 22.4 Å². The molecule has 1 saturated carbocycles. The van der Waals surface area contributed by atoms with Crippen molar-refractivity contribution in [2.75, 3.05) is 5.73 Å². The average Bonchev–Trinajstić information content (AvgIpc) is 2.75. The van der Waals surface area contributed by atoms with Gasteiger partial charge in [-0.3, -0.25) is 4.79 Å². The Labute approximate surface area is 99.3 Å². The third kappa shape index (κ3) is 2.72. The Balaban J connectivity index is 1.89. The van der Waals surface area contributed by atoms with Crippen molar-refractivity contribution in [2.45, 2.75) is 44.6 Å². The van der Waals surface area contributed by atoms with Crippen molar-refractivity contribution < 1.29 is 4.79 Å². The van der Waals surface area contributed by atoms with E-state index in [4.69, 9.17) is 5.73 Å². The number of carbonyl (C=O) groups excluding carboxylic acids is 1. The van der Waals surface area contributed by atoms with Gasteiger partial charge in [0.05, 0.1) is 12.1 Å². The fourth-order valence-corrected chi connectivity index (χ4v) is 2.79. The number of nitrogens with two attached hydrogens (primary N) is 1. The molecule has 1 heterocycles. The van der Waals surface area contributed by atoms with Crippen LogP contribution in [-0.2, 0) is 11.2 Å². The predicted octanol–water partition coefficient (Wildman–Crippen LogP) is 1.72. The number of aromatic nitrogens is 1. The maximum Gasteiger partial charge on any atom is 0.226 e. The van der Waals surface area contributed by atoms with Gasteiger partial charge in [-0.1, -0.05) is 12.8 Å². The Morgan fingerprint density at radius 2 is 2.31 bits per heavy atom. The number of thiazole rings is 1. The Morgan fingerprint density at radius 3 is 2.88 bits per heavy atom. The van der Waals surface area contributed by atoms with Gasteiger partial charge in [0.25, 0.3) is 0 Å². The molecule has 1 aliphatic carbocycles. The van der Waals surface area contributed by atoms with E-state index in [9.17, 15) is 4.79 Å². The minimum absolute atomic E-state index is 0.00134. The molecule has 0 unspecified atom stereocenters. The molecule has 1 fully saturated rings. The lowest BCUT2D eigenvalue weighted by atomic mass is 10.0. The first-order valence-electron chi connectivity index (χ1n) is 5.58. The third-order valence-electron chi connectivity index (χ3n) is 3.06. The summed E-state index contributed by atoms with van der Waals surface area (Å²) in [5, 5.41) is 5.46. The first-order chi connectivity index (χ1) is 7.57. The van der Waals surface area contributed by atoms with E-state index < -0.39 is 0 Å². The normalized spacial score (nSPS) is 18.6. The monoisotopic (exact) mass is 239 g/mol. The fraction of sp³-hybridized carbons (Fsp3) is 0.636. The molecule has 0 bridgehead atoms. The van der Waals surface area contributed by atoms with Crippen LogP contribution in [-0.4, -0.2) is 16.4 Å². The highest BCUT2D eigenvalue weighted by atomic mass is 32.1. The molecule has 0 spiro atoms. The van der Waals surface area contributed by atoms with Crippen molar-refractivity contribution in [3.63, 3.8) is 0 Å². The molecule has 0 radical (unpaired) electrons. The van der Waals surface area contributed by atoms with Gasteiger partial charge >= 0.3 is 0 Å². The lowest BCUT2D eigenvalue weighted by Gasteiger charge is -2.25. The number of carbonyl (C=O) groups is 1. The quantitative estimate of drug-likeness (QED) is 0.844. The standard InChI is InChI=1S/C11H17N3OS/c1-11(4-2-3-5-11)14-9(15)6-8-7-16-10(12)13-8/h7H,2-6H2,1H3,(H2,12,13)(H,14,15). The minimum atomic E-state index is -0.00134. The van der Waals surface area contributed by atoms with Gasteiger partial charge in [-0.05, 0) is 19.8 Å². The highest BCUT2D eigenvalue weighted by molar-refractivity contribution is 7.13. The smallest absolute Gasteiger partial charge is 0.226 e. The zero-order valence-electron chi connectivity index (χ0n) is 9.45. The van der Waals surface area contributed by atoms with Gasteiger partial charge in [-0.15, -0.1) is 11.3 Å². The number of nitrogens with zero attached hydrogens (tertiary/aromatic N) is 1. The van der Waals surface area contributed by atoms with Crippen molar-refractivity contribution in [1.29, 1.82) is 0 Å². The summed E-state index contributed by atoms with van der Waals surface area (Å²) in [6.07, 6.45) is 4.92. The van der Waals surface area contributed by atoms with Gasteiger partial charge in [0.2, 0.25) is 5.91 Å². The summed E-state index contributed by atoms with van der Waals surface area (Å²) in [7, 11) is 0. The van der Waals surface area contributed by atoms with E-state index in [2.05, 4.69) is 17.2 Å². The second kappa shape index (κ2) is 4.41. The van der Waals surface area contributed by atoms with E-state index in [1.54, 1.807) is 0 Å². The number of hydrogen-bond donors (Lipinski definition) is 2. The molecule has 3 N–H and O–H groups in total. The van der Waals surface area contributed by atoms with Crippen LogP contribution in [0.4, 0.5) is 5.13 Å². The molecular formula is C11H17N3OS. The van der Waals surface area contributed by atoms with Gasteiger partial charge in [0.1, 0.15) is 0 Å². The van der Waals surface area contributed by atoms with Crippen LogP contribution in [0.3, 0.4) is 0 Å². The Kier molecular flexibility index (Phi) is 3.14. The van der Waals surface area contributed by atoms with Crippen LogP contribution in [0, 0.1) is 0 Å². The summed E-state index contributed by atoms with van der Waals surface area (Å²) in [5.41, 5.74) is 6.28. The van der Waals surface area contributed by atoms with Gasteiger partial charge in [-0.2, -0.15) is 0 Å². The van der Waals surface area contributed by atoms with Crippen LogP contribution >= 0.6 is 11.3 Å².